The summed E-state index contributed by atoms with van der Waals surface area (Å²) in [5.74, 6) is 1.15. The van der Waals surface area contributed by atoms with Crippen molar-refractivity contribution < 1.29 is 19.7 Å². The van der Waals surface area contributed by atoms with E-state index in [9.17, 15) is 10.2 Å². The zero-order chi connectivity index (χ0) is 23.2. The molecule has 0 spiro atoms. The Morgan fingerprint density at radius 2 is 0.909 bits per heavy atom. The minimum Gasteiger partial charge on any atom is -0.496 e. The standard InChI is InChI=1S/C29H26O4/c1-19-16-17-22-25(18-19)29(31,24-13-7-9-15-27(24)33-3)21-11-5-4-10-20(21)28(22,30)23-12-6-8-14-26(23)32-2/h4-18,30-31H,1-3H3. The molecule has 0 saturated carbocycles. The van der Waals surface area contributed by atoms with E-state index in [1.807, 2.05) is 97.9 Å². The van der Waals surface area contributed by atoms with Crippen LogP contribution in [0.4, 0.5) is 0 Å². The van der Waals surface area contributed by atoms with Crippen molar-refractivity contribution in [2.75, 3.05) is 14.2 Å². The minimum absolute atomic E-state index is 0.573. The highest BCUT2D eigenvalue weighted by molar-refractivity contribution is 5.68. The highest BCUT2D eigenvalue weighted by Crippen LogP contribution is 2.55. The normalized spacial score (nSPS) is 21.1. The van der Waals surface area contributed by atoms with Gasteiger partial charge in [0, 0.05) is 11.1 Å². The van der Waals surface area contributed by atoms with E-state index in [0.29, 0.717) is 44.9 Å². The van der Waals surface area contributed by atoms with Gasteiger partial charge in [-0.15, -0.1) is 0 Å². The van der Waals surface area contributed by atoms with Crippen LogP contribution >= 0.6 is 0 Å². The highest BCUT2D eigenvalue weighted by atomic mass is 16.5. The molecule has 0 aliphatic heterocycles. The average molecular weight is 439 g/mol. The molecule has 0 saturated heterocycles. The summed E-state index contributed by atoms with van der Waals surface area (Å²) in [7, 11) is 3.19. The maximum atomic E-state index is 12.6. The lowest BCUT2D eigenvalue weighted by Crippen LogP contribution is -2.44. The van der Waals surface area contributed by atoms with Crippen LogP contribution in [0.3, 0.4) is 0 Å². The Morgan fingerprint density at radius 3 is 1.39 bits per heavy atom. The number of rotatable bonds is 4. The number of hydrogen-bond donors (Lipinski definition) is 2. The number of aliphatic hydroxyl groups is 2. The molecule has 1 aliphatic rings. The molecule has 0 bridgehead atoms. The Kier molecular flexibility index (Phi) is 5.00. The van der Waals surface area contributed by atoms with Crippen LogP contribution in [0.1, 0.15) is 38.9 Å². The van der Waals surface area contributed by atoms with Gasteiger partial charge in [-0.05, 0) is 41.3 Å². The van der Waals surface area contributed by atoms with Crippen molar-refractivity contribution in [2.24, 2.45) is 0 Å². The van der Waals surface area contributed by atoms with Gasteiger partial charge in [0.1, 0.15) is 22.7 Å². The Morgan fingerprint density at radius 1 is 0.515 bits per heavy atom. The zero-order valence-corrected chi connectivity index (χ0v) is 18.9. The number of fused-ring (bicyclic) bond motifs is 2. The number of para-hydroxylation sites is 2. The van der Waals surface area contributed by atoms with Crippen LogP contribution in [0, 0.1) is 6.92 Å². The third kappa shape index (κ3) is 2.92. The molecule has 5 rings (SSSR count). The molecule has 4 nitrogen and oxygen atoms in total. The highest BCUT2D eigenvalue weighted by Gasteiger charge is 2.52. The van der Waals surface area contributed by atoms with Gasteiger partial charge in [0.05, 0.1) is 14.2 Å². The van der Waals surface area contributed by atoms with Gasteiger partial charge in [-0.2, -0.15) is 0 Å². The third-order valence-electron chi connectivity index (χ3n) is 6.65. The molecule has 0 fully saturated rings. The Hall–Kier alpha value is -3.60. The van der Waals surface area contributed by atoms with E-state index < -0.39 is 11.2 Å². The van der Waals surface area contributed by atoms with E-state index in [1.165, 1.54) is 0 Å². The molecular weight excluding hydrogens is 412 g/mol. The molecule has 166 valence electrons. The van der Waals surface area contributed by atoms with Gasteiger partial charge in [-0.3, -0.25) is 0 Å². The molecule has 2 unspecified atom stereocenters. The van der Waals surface area contributed by atoms with Gasteiger partial charge < -0.3 is 19.7 Å². The second-order valence-corrected chi connectivity index (χ2v) is 8.42. The molecule has 0 aromatic heterocycles. The van der Waals surface area contributed by atoms with E-state index in [-0.39, 0.29) is 0 Å². The molecule has 4 aromatic rings. The smallest absolute Gasteiger partial charge is 0.144 e. The molecule has 33 heavy (non-hydrogen) atoms. The maximum Gasteiger partial charge on any atom is 0.144 e. The van der Waals surface area contributed by atoms with Gasteiger partial charge in [-0.1, -0.05) is 84.4 Å². The summed E-state index contributed by atoms with van der Waals surface area (Å²) in [6, 6.07) is 28.2. The Balaban J connectivity index is 1.94. The van der Waals surface area contributed by atoms with Crippen LogP contribution in [0.2, 0.25) is 0 Å². The zero-order valence-electron chi connectivity index (χ0n) is 18.9. The summed E-state index contributed by atoms with van der Waals surface area (Å²) < 4.78 is 11.3. The van der Waals surface area contributed by atoms with Crippen LogP contribution in [0.5, 0.6) is 11.5 Å². The number of aryl methyl sites for hydroxylation is 1. The summed E-state index contributed by atoms with van der Waals surface area (Å²) in [5.41, 5.74) is 1.56. The first-order valence-electron chi connectivity index (χ1n) is 10.9. The van der Waals surface area contributed by atoms with Gasteiger partial charge in [0.2, 0.25) is 0 Å². The van der Waals surface area contributed by atoms with Crippen molar-refractivity contribution in [2.45, 2.75) is 18.1 Å². The lowest BCUT2D eigenvalue weighted by molar-refractivity contribution is 0.0718. The first-order valence-corrected chi connectivity index (χ1v) is 10.9. The van der Waals surface area contributed by atoms with Crippen molar-refractivity contribution in [3.05, 3.63) is 130 Å². The summed E-state index contributed by atoms with van der Waals surface area (Å²) >= 11 is 0. The molecule has 4 aromatic carbocycles. The second-order valence-electron chi connectivity index (χ2n) is 8.42. The SMILES string of the molecule is COc1ccccc1C1(O)c2ccccc2C(O)(c2ccccc2OC)c2cc(C)ccc21. The van der Waals surface area contributed by atoms with Crippen LogP contribution in [0.25, 0.3) is 0 Å². The summed E-state index contributed by atoms with van der Waals surface area (Å²) in [6.45, 7) is 1.98. The lowest BCUT2D eigenvalue weighted by atomic mass is 9.63. The van der Waals surface area contributed by atoms with Crippen LogP contribution in [-0.4, -0.2) is 24.4 Å². The summed E-state index contributed by atoms with van der Waals surface area (Å²) in [6.07, 6.45) is 0. The van der Waals surface area contributed by atoms with Crippen molar-refractivity contribution in [3.63, 3.8) is 0 Å². The molecule has 4 heteroatoms. The Labute approximate surface area is 193 Å². The van der Waals surface area contributed by atoms with Crippen LogP contribution in [-0.2, 0) is 11.2 Å². The number of ether oxygens (including phenoxy) is 2. The molecule has 2 atom stereocenters. The fraction of sp³-hybridized carbons (Fsp3) is 0.172. The van der Waals surface area contributed by atoms with Gasteiger partial charge >= 0.3 is 0 Å². The quantitative estimate of drug-likeness (QED) is 0.476. The molecular formula is C29H26O4. The van der Waals surface area contributed by atoms with Crippen LogP contribution < -0.4 is 9.47 Å². The number of methoxy groups -OCH3 is 2. The van der Waals surface area contributed by atoms with E-state index in [4.69, 9.17) is 9.47 Å². The molecule has 0 radical (unpaired) electrons. The largest absolute Gasteiger partial charge is 0.496 e. The Bertz CT molecular complexity index is 1350. The molecule has 0 heterocycles. The van der Waals surface area contributed by atoms with Crippen molar-refractivity contribution in [1.29, 1.82) is 0 Å². The summed E-state index contributed by atoms with van der Waals surface area (Å²) in [4.78, 5) is 0. The fourth-order valence-electron chi connectivity index (χ4n) is 5.14. The average Bonchev–Trinajstić information content (AvgIpc) is 2.87. The predicted octanol–water partition coefficient (Wildman–Crippen LogP) is 4.89. The van der Waals surface area contributed by atoms with Gasteiger partial charge in [0.15, 0.2) is 0 Å². The van der Waals surface area contributed by atoms with E-state index in [1.54, 1.807) is 14.2 Å². The first-order chi connectivity index (χ1) is 16.0. The van der Waals surface area contributed by atoms with Crippen molar-refractivity contribution in [3.8, 4) is 11.5 Å². The predicted molar refractivity (Wildman–Crippen MR) is 128 cm³/mol. The summed E-state index contributed by atoms with van der Waals surface area (Å²) in [5, 5.41) is 25.1. The monoisotopic (exact) mass is 438 g/mol. The minimum atomic E-state index is -1.53. The van der Waals surface area contributed by atoms with Crippen molar-refractivity contribution >= 4 is 0 Å². The fourth-order valence-corrected chi connectivity index (χ4v) is 5.14. The van der Waals surface area contributed by atoms with Gasteiger partial charge in [0.25, 0.3) is 0 Å². The number of benzene rings is 4. The molecule has 0 amide bonds. The maximum absolute atomic E-state index is 12.6. The van der Waals surface area contributed by atoms with E-state index >= 15 is 0 Å². The van der Waals surface area contributed by atoms with E-state index in [0.717, 1.165) is 5.56 Å². The second kappa shape index (κ2) is 7.77. The lowest BCUT2D eigenvalue weighted by Gasteiger charge is -2.45. The molecule has 2 N–H and O–H groups in total. The third-order valence-corrected chi connectivity index (χ3v) is 6.65. The van der Waals surface area contributed by atoms with E-state index in [2.05, 4.69) is 0 Å². The van der Waals surface area contributed by atoms with Crippen LogP contribution in [0.15, 0.2) is 91.0 Å². The first kappa shape index (κ1) is 21.3. The van der Waals surface area contributed by atoms with Crippen molar-refractivity contribution in [1.82, 2.24) is 0 Å². The number of hydrogen-bond acceptors (Lipinski definition) is 4. The van der Waals surface area contributed by atoms with Gasteiger partial charge in [-0.25, -0.2) is 0 Å². The topological polar surface area (TPSA) is 58.9 Å². The molecule has 1 aliphatic carbocycles.